The fourth-order valence-electron chi connectivity index (χ4n) is 2.90. The third-order valence-corrected chi connectivity index (χ3v) is 6.00. The molecule has 4 rings (SSSR count). The van der Waals surface area contributed by atoms with Gasteiger partial charge in [-0.3, -0.25) is 10.1 Å². The average Bonchev–Trinajstić information content (AvgIpc) is 3.34. The van der Waals surface area contributed by atoms with Crippen molar-refractivity contribution in [1.29, 1.82) is 0 Å². The summed E-state index contributed by atoms with van der Waals surface area (Å²) in [5, 5.41) is 22.6. The molecule has 0 radical (unpaired) electrons. The zero-order valence-electron chi connectivity index (χ0n) is 14.5. The zero-order valence-corrected chi connectivity index (χ0v) is 16.1. The van der Waals surface area contributed by atoms with Crippen LogP contribution < -0.4 is 4.74 Å². The van der Waals surface area contributed by atoms with Crippen molar-refractivity contribution in [1.82, 2.24) is 14.8 Å². The van der Waals surface area contributed by atoms with E-state index in [1.807, 2.05) is 29.0 Å². The van der Waals surface area contributed by atoms with Crippen LogP contribution in [0.15, 0.2) is 34.8 Å². The van der Waals surface area contributed by atoms with E-state index >= 15 is 0 Å². The van der Waals surface area contributed by atoms with E-state index in [-0.39, 0.29) is 12.5 Å². The highest BCUT2D eigenvalue weighted by Crippen LogP contribution is 2.36. The minimum atomic E-state index is -0.396. The molecule has 0 fully saturated rings. The standard InChI is InChI=1S/C17H16N4O4S2/c1-2-20-16(14-4-3-5-26-14)18-19-17(20)27-9-12-7-13(21(22)23)6-11-8-24-10-25-15(11)12/h3-7H,2,8-10H2,1H3. The van der Waals surface area contributed by atoms with Crippen molar-refractivity contribution in [3.05, 3.63) is 50.9 Å². The Morgan fingerprint density at radius 2 is 2.30 bits per heavy atom. The lowest BCUT2D eigenvalue weighted by atomic mass is 10.1. The topological polar surface area (TPSA) is 92.3 Å². The first-order chi connectivity index (χ1) is 13.2. The molecule has 3 heterocycles. The van der Waals surface area contributed by atoms with Gasteiger partial charge in [0, 0.05) is 35.6 Å². The van der Waals surface area contributed by atoms with E-state index in [9.17, 15) is 10.1 Å². The highest BCUT2D eigenvalue weighted by molar-refractivity contribution is 7.98. The van der Waals surface area contributed by atoms with E-state index in [0.717, 1.165) is 28.0 Å². The van der Waals surface area contributed by atoms with Gasteiger partial charge in [-0.05, 0) is 18.4 Å². The van der Waals surface area contributed by atoms with E-state index < -0.39 is 4.92 Å². The molecule has 0 saturated heterocycles. The zero-order chi connectivity index (χ0) is 18.8. The van der Waals surface area contributed by atoms with Gasteiger partial charge in [-0.1, -0.05) is 17.8 Å². The van der Waals surface area contributed by atoms with Gasteiger partial charge in [0.15, 0.2) is 17.8 Å². The SMILES string of the molecule is CCn1c(SCc2cc([N+](=O)[O-])cc3c2OCOC3)nnc1-c1cccs1. The number of non-ortho nitro benzene ring substituents is 1. The molecule has 3 aromatic rings. The van der Waals surface area contributed by atoms with Gasteiger partial charge in [-0.25, -0.2) is 0 Å². The van der Waals surface area contributed by atoms with Crippen LogP contribution >= 0.6 is 23.1 Å². The molecule has 0 amide bonds. The lowest BCUT2D eigenvalue weighted by Crippen LogP contribution is -2.13. The molecule has 1 aromatic carbocycles. The molecule has 8 nitrogen and oxygen atoms in total. The van der Waals surface area contributed by atoms with Crippen molar-refractivity contribution in [2.75, 3.05) is 6.79 Å². The van der Waals surface area contributed by atoms with Gasteiger partial charge in [-0.2, -0.15) is 0 Å². The molecule has 0 unspecified atom stereocenters. The summed E-state index contributed by atoms with van der Waals surface area (Å²) in [6.45, 7) is 3.23. The number of thiophene rings is 1. The lowest BCUT2D eigenvalue weighted by molar-refractivity contribution is -0.385. The first kappa shape index (κ1) is 18.0. The number of benzene rings is 1. The molecule has 0 aliphatic carbocycles. The van der Waals surface area contributed by atoms with Crippen LogP contribution in [0.25, 0.3) is 10.7 Å². The number of nitro benzene ring substituents is 1. The number of hydrogen-bond acceptors (Lipinski definition) is 8. The maximum atomic E-state index is 11.2. The third kappa shape index (κ3) is 3.55. The summed E-state index contributed by atoms with van der Waals surface area (Å²) in [4.78, 5) is 11.9. The number of ether oxygens (including phenoxy) is 2. The van der Waals surface area contributed by atoms with E-state index in [4.69, 9.17) is 9.47 Å². The molecule has 0 atom stereocenters. The van der Waals surface area contributed by atoms with Gasteiger partial charge in [0.2, 0.25) is 0 Å². The fourth-order valence-corrected chi connectivity index (χ4v) is 4.59. The van der Waals surface area contributed by atoms with Crippen LogP contribution in [-0.4, -0.2) is 26.5 Å². The summed E-state index contributed by atoms with van der Waals surface area (Å²) in [7, 11) is 0. The third-order valence-electron chi connectivity index (χ3n) is 4.11. The number of thioether (sulfide) groups is 1. The maximum absolute atomic E-state index is 11.2. The summed E-state index contributed by atoms with van der Waals surface area (Å²) in [5.74, 6) is 1.99. The second-order valence-electron chi connectivity index (χ2n) is 5.78. The first-order valence-electron chi connectivity index (χ1n) is 8.28. The predicted molar refractivity (Wildman–Crippen MR) is 102 cm³/mol. The normalized spacial score (nSPS) is 13.2. The van der Waals surface area contributed by atoms with E-state index in [1.54, 1.807) is 17.4 Å². The monoisotopic (exact) mass is 404 g/mol. The van der Waals surface area contributed by atoms with Crippen LogP contribution in [-0.2, 0) is 23.6 Å². The average molecular weight is 404 g/mol. The number of fused-ring (bicyclic) bond motifs is 1. The Balaban J connectivity index is 1.62. The molecule has 0 saturated carbocycles. The molecule has 1 aliphatic heterocycles. The van der Waals surface area contributed by atoms with Crippen LogP contribution in [0.4, 0.5) is 5.69 Å². The molecule has 0 bridgehead atoms. The van der Waals surface area contributed by atoms with Crippen molar-refractivity contribution in [2.24, 2.45) is 0 Å². The van der Waals surface area contributed by atoms with Gasteiger partial charge in [0.25, 0.3) is 5.69 Å². The molecule has 2 aromatic heterocycles. The van der Waals surface area contributed by atoms with E-state index in [0.29, 0.717) is 23.7 Å². The summed E-state index contributed by atoms with van der Waals surface area (Å²) in [6, 6.07) is 7.06. The Morgan fingerprint density at radius 1 is 1.41 bits per heavy atom. The second-order valence-corrected chi connectivity index (χ2v) is 7.67. The molecule has 10 heteroatoms. The van der Waals surface area contributed by atoms with Crippen molar-refractivity contribution in [2.45, 2.75) is 31.0 Å². The molecule has 0 spiro atoms. The summed E-state index contributed by atoms with van der Waals surface area (Å²) in [6.07, 6.45) is 0. The molecule has 140 valence electrons. The Labute approximate surface area is 163 Å². The van der Waals surface area contributed by atoms with Crippen molar-refractivity contribution in [3.63, 3.8) is 0 Å². The number of hydrogen-bond donors (Lipinski definition) is 0. The van der Waals surface area contributed by atoms with Gasteiger partial charge in [0.1, 0.15) is 5.75 Å². The van der Waals surface area contributed by atoms with Crippen LogP contribution in [0, 0.1) is 10.1 Å². The number of aromatic nitrogens is 3. The molecule has 0 N–H and O–H groups in total. The Hall–Kier alpha value is -2.43. The Bertz CT molecular complexity index is 972. The minimum Gasteiger partial charge on any atom is -0.467 e. The quantitative estimate of drug-likeness (QED) is 0.347. The largest absolute Gasteiger partial charge is 0.467 e. The smallest absolute Gasteiger partial charge is 0.270 e. The number of rotatable bonds is 6. The lowest BCUT2D eigenvalue weighted by Gasteiger charge is -2.20. The number of nitrogens with zero attached hydrogens (tertiary/aromatic N) is 4. The Morgan fingerprint density at radius 3 is 3.04 bits per heavy atom. The first-order valence-corrected chi connectivity index (χ1v) is 10.1. The molecule has 27 heavy (non-hydrogen) atoms. The summed E-state index contributed by atoms with van der Waals surface area (Å²) < 4.78 is 12.9. The van der Waals surface area contributed by atoms with Crippen molar-refractivity contribution < 1.29 is 14.4 Å². The van der Waals surface area contributed by atoms with Crippen molar-refractivity contribution >= 4 is 28.8 Å². The van der Waals surface area contributed by atoms with Crippen LogP contribution in [0.3, 0.4) is 0 Å². The Kier molecular flexibility index (Phi) is 5.10. The highest BCUT2D eigenvalue weighted by atomic mass is 32.2. The second kappa shape index (κ2) is 7.67. The summed E-state index contributed by atoms with van der Waals surface area (Å²) >= 11 is 3.10. The van der Waals surface area contributed by atoms with Crippen LogP contribution in [0.2, 0.25) is 0 Å². The van der Waals surface area contributed by atoms with Crippen LogP contribution in [0.1, 0.15) is 18.1 Å². The maximum Gasteiger partial charge on any atom is 0.270 e. The van der Waals surface area contributed by atoms with E-state index in [1.165, 1.54) is 17.8 Å². The molecular weight excluding hydrogens is 388 g/mol. The van der Waals surface area contributed by atoms with Gasteiger partial charge < -0.3 is 14.0 Å². The van der Waals surface area contributed by atoms with Crippen LogP contribution in [0.5, 0.6) is 5.75 Å². The molecular formula is C17H16N4O4S2. The van der Waals surface area contributed by atoms with E-state index in [2.05, 4.69) is 10.2 Å². The van der Waals surface area contributed by atoms with Crippen molar-refractivity contribution in [3.8, 4) is 16.5 Å². The number of nitro groups is 1. The fraction of sp³-hybridized carbons (Fsp3) is 0.294. The summed E-state index contributed by atoms with van der Waals surface area (Å²) in [5.41, 5.74) is 1.49. The van der Waals surface area contributed by atoms with Gasteiger partial charge >= 0.3 is 0 Å². The molecule has 1 aliphatic rings. The predicted octanol–water partition coefficient (Wildman–Crippen LogP) is 4.09. The van der Waals surface area contributed by atoms with Gasteiger partial charge in [-0.15, -0.1) is 21.5 Å². The minimum absolute atomic E-state index is 0.0367. The highest BCUT2D eigenvalue weighted by Gasteiger charge is 2.22. The van der Waals surface area contributed by atoms with Gasteiger partial charge in [0.05, 0.1) is 16.4 Å².